The van der Waals surface area contributed by atoms with Gasteiger partial charge in [0.05, 0.1) is 5.54 Å². The van der Waals surface area contributed by atoms with Gasteiger partial charge in [0.1, 0.15) is 0 Å². The maximum atomic E-state index is 11.7. The van der Waals surface area contributed by atoms with Gasteiger partial charge in [-0.3, -0.25) is 9.59 Å². The summed E-state index contributed by atoms with van der Waals surface area (Å²) in [6.07, 6.45) is 5.91. The highest BCUT2D eigenvalue weighted by Crippen LogP contribution is 2.32. The lowest BCUT2D eigenvalue weighted by Crippen LogP contribution is -2.58. The highest BCUT2D eigenvalue weighted by Gasteiger charge is 2.42. The maximum absolute atomic E-state index is 11.7. The van der Waals surface area contributed by atoms with Gasteiger partial charge in [0.2, 0.25) is 5.91 Å². The summed E-state index contributed by atoms with van der Waals surface area (Å²) in [5.41, 5.74) is -0.451. The van der Waals surface area contributed by atoms with Crippen LogP contribution in [0.15, 0.2) is 0 Å². The van der Waals surface area contributed by atoms with Gasteiger partial charge in [-0.15, -0.1) is 0 Å². The molecule has 2 rings (SSSR count). The molecule has 3 heteroatoms. The van der Waals surface area contributed by atoms with Crippen molar-refractivity contribution in [2.75, 3.05) is 0 Å². The normalized spacial score (nSPS) is 27.4. The predicted octanol–water partition coefficient (Wildman–Crippen LogP) is 1.17. The van der Waals surface area contributed by atoms with Crippen LogP contribution in [-0.2, 0) is 9.59 Å². The van der Waals surface area contributed by atoms with E-state index in [-0.39, 0.29) is 11.7 Å². The molecule has 0 unspecified atom stereocenters. The van der Waals surface area contributed by atoms with E-state index in [1.807, 2.05) is 0 Å². The fraction of sp³-hybridized carbons (Fsp3) is 0.800. The molecule has 1 amide bonds. The van der Waals surface area contributed by atoms with Gasteiger partial charge in [-0.2, -0.15) is 0 Å². The zero-order valence-electron chi connectivity index (χ0n) is 7.77. The van der Waals surface area contributed by atoms with Gasteiger partial charge in [-0.25, -0.2) is 0 Å². The molecule has 0 bridgehead atoms. The Hall–Kier alpha value is -0.860. The summed E-state index contributed by atoms with van der Waals surface area (Å²) in [5.74, 6) is 0.313. The van der Waals surface area contributed by atoms with E-state index in [0.29, 0.717) is 12.8 Å². The Morgan fingerprint density at radius 3 is 2.38 bits per heavy atom. The highest BCUT2D eigenvalue weighted by atomic mass is 16.2. The quantitative estimate of drug-likeness (QED) is 0.609. The molecule has 0 radical (unpaired) electrons. The fourth-order valence-electron chi connectivity index (χ4n) is 2.42. The lowest BCUT2D eigenvalue weighted by molar-refractivity contribution is -0.138. The molecular weight excluding hydrogens is 166 g/mol. The van der Waals surface area contributed by atoms with E-state index in [9.17, 15) is 9.59 Å². The first-order valence-corrected chi connectivity index (χ1v) is 5.07. The Morgan fingerprint density at radius 2 is 1.69 bits per heavy atom. The molecule has 0 aromatic carbocycles. The minimum atomic E-state index is -0.451. The number of ketones is 1. The number of hydrogen-bond acceptors (Lipinski definition) is 2. The van der Waals surface area contributed by atoms with E-state index in [4.69, 9.17) is 0 Å². The molecule has 13 heavy (non-hydrogen) atoms. The summed E-state index contributed by atoms with van der Waals surface area (Å²) in [5, 5.41) is 2.89. The average Bonchev–Trinajstić information content (AvgIpc) is 2.14. The van der Waals surface area contributed by atoms with Gasteiger partial charge in [0, 0.05) is 12.8 Å². The third-order valence-electron chi connectivity index (χ3n) is 3.20. The van der Waals surface area contributed by atoms with Crippen LogP contribution in [0.2, 0.25) is 0 Å². The van der Waals surface area contributed by atoms with Crippen molar-refractivity contribution in [2.45, 2.75) is 50.5 Å². The number of carbonyl (C=O) groups excluding carboxylic acids is 2. The number of rotatable bonds is 0. The standard InChI is InChI=1S/C10H15NO2/c12-8-4-5-9(13)11-10(8)6-2-1-3-7-10/h1-7H2,(H,11,13). The first-order valence-electron chi connectivity index (χ1n) is 5.07. The second kappa shape index (κ2) is 3.13. The zero-order valence-corrected chi connectivity index (χ0v) is 7.77. The largest absolute Gasteiger partial charge is 0.344 e. The third kappa shape index (κ3) is 1.47. The Kier molecular flexibility index (Phi) is 2.10. The molecule has 1 aliphatic carbocycles. The molecule has 1 heterocycles. The molecular formula is C10H15NO2. The molecule has 1 saturated heterocycles. The van der Waals surface area contributed by atoms with Crippen molar-refractivity contribution < 1.29 is 9.59 Å². The molecule has 0 atom stereocenters. The topological polar surface area (TPSA) is 46.2 Å². The number of Topliss-reactive ketones (excluding diaryl/α,β-unsaturated/α-hetero) is 1. The molecule has 1 aliphatic heterocycles. The highest BCUT2D eigenvalue weighted by molar-refractivity contribution is 5.98. The van der Waals surface area contributed by atoms with E-state index >= 15 is 0 Å². The summed E-state index contributed by atoms with van der Waals surface area (Å²) >= 11 is 0. The summed E-state index contributed by atoms with van der Waals surface area (Å²) in [6, 6.07) is 0. The Labute approximate surface area is 77.9 Å². The van der Waals surface area contributed by atoms with Crippen molar-refractivity contribution in [3.63, 3.8) is 0 Å². The summed E-state index contributed by atoms with van der Waals surface area (Å²) in [6.45, 7) is 0. The number of hydrogen-bond donors (Lipinski definition) is 1. The Bertz CT molecular complexity index is 241. The molecule has 72 valence electrons. The van der Waals surface area contributed by atoms with Crippen molar-refractivity contribution in [2.24, 2.45) is 0 Å². The smallest absolute Gasteiger partial charge is 0.221 e. The maximum Gasteiger partial charge on any atom is 0.221 e. The molecule has 0 aromatic heterocycles. The molecule has 1 saturated carbocycles. The molecule has 1 N–H and O–H groups in total. The zero-order chi connectivity index (χ0) is 9.31. The van der Waals surface area contributed by atoms with Crippen molar-refractivity contribution in [1.29, 1.82) is 0 Å². The van der Waals surface area contributed by atoms with Crippen LogP contribution >= 0.6 is 0 Å². The average molecular weight is 181 g/mol. The van der Waals surface area contributed by atoms with Crippen molar-refractivity contribution >= 4 is 11.7 Å². The minimum Gasteiger partial charge on any atom is -0.344 e. The summed E-state index contributed by atoms with van der Waals surface area (Å²) < 4.78 is 0. The number of piperidine rings is 1. The SMILES string of the molecule is O=C1CCC(=O)C2(CCCCC2)N1. The third-order valence-corrected chi connectivity index (χ3v) is 3.20. The van der Waals surface area contributed by atoms with Crippen LogP contribution in [0.5, 0.6) is 0 Å². The van der Waals surface area contributed by atoms with E-state index in [2.05, 4.69) is 5.32 Å². The van der Waals surface area contributed by atoms with Gasteiger partial charge in [-0.05, 0) is 12.8 Å². The van der Waals surface area contributed by atoms with Gasteiger partial charge >= 0.3 is 0 Å². The lowest BCUT2D eigenvalue weighted by Gasteiger charge is -2.39. The van der Waals surface area contributed by atoms with Gasteiger partial charge in [-0.1, -0.05) is 19.3 Å². The number of carbonyl (C=O) groups is 2. The molecule has 0 aromatic rings. The van der Waals surface area contributed by atoms with Gasteiger partial charge < -0.3 is 5.32 Å². The summed E-state index contributed by atoms with van der Waals surface area (Å²) in [4.78, 5) is 22.9. The predicted molar refractivity (Wildman–Crippen MR) is 48.2 cm³/mol. The van der Waals surface area contributed by atoms with E-state index in [1.54, 1.807) is 0 Å². The first-order chi connectivity index (χ1) is 6.23. The Morgan fingerprint density at radius 1 is 1.00 bits per heavy atom. The number of amides is 1. The van der Waals surface area contributed by atoms with Crippen molar-refractivity contribution in [3.05, 3.63) is 0 Å². The molecule has 3 nitrogen and oxygen atoms in total. The van der Waals surface area contributed by atoms with Crippen molar-refractivity contribution in [1.82, 2.24) is 5.32 Å². The molecule has 1 spiro atoms. The van der Waals surface area contributed by atoms with Crippen LogP contribution in [0.4, 0.5) is 0 Å². The molecule has 2 fully saturated rings. The van der Waals surface area contributed by atoms with Crippen LogP contribution in [-0.4, -0.2) is 17.2 Å². The van der Waals surface area contributed by atoms with Crippen LogP contribution in [0.25, 0.3) is 0 Å². The van der Waals surface area contributed by atoms with Gasteiger partial charge in [0.25, 0.3) is 0 Å². The number of nitrogens with one attached hydrogen (secondary N) is 1. The lowest BCUT2D eigenvalue weighted by atomic mass is 9.75. The monoisotopic (exact) mass is 181 g/mol. The second-order valence-electron chi connectivity index (χ2n) is 4.11. The van der Waals surface area contributed by atoms with Crippen molar-refractivity contribution in [3.8, 4) is 0 Å². The van der Waals surface area contributed by atoms with E-state index in [1.165, 1.54) is 6.42 Å². The Balaban J connectivity index is 2.16. The fourth-order valence-corrected chi connectivity index (χ4v) is 2.42. The molecule has 2 aliphatic rings. The van der Waals surface area contributed by atoms with Crippen LogP contribution in [0.1, 0.15) is 44.9 Å². The van der Waals surface area contributed by atoms with Gasteiger partial charge in [0.15, 0.2) is 5.78 Å². The van der Waals surface area contributed by atoms with Crippen LogP contribution in [0, 0.1) is 0 Å². The van der Waals surface area contributed by atoms with Crippen LogP contribution < -0.4 is 5.32 Å². The van der Waals surface area contributed by atoms with E-state index < -0.39 is 5.54 Å². The second-order valence-corrected chi connectivity index (χ2v) is 4.11. The minimum absolute atomic E-state index is 0.0569. The first kappa shape index (κ1) is 8.73. The van der Waals surface area contributed by atoms with Crippen LogP contribution in [0.3, 0.4) is 0 Å². The van der Waals surface area contributed by atoms with E-state index in [0.717, 1.165) is 25.7 Å². The summed E-state index contributed by atoms with van der Waals surface area (Å²) in [7, 11) is 0.